The summed E-state index contributed by atoms with van der Waals surface area (Å²) in [5.74, 6) is 0.0958. The quantitative estimate of drug-likeness (QED) is 0.925. The summed E-state index contributed by atoms with van der Waals surface area (Å²) < 4.78 is 20.0. The van der Waals surface area contributed by atoms with Gasteiger partial charge in [0.15, 0.2) is 5.82 Å². The molecule has 0 unspecified atom stereocenters. The van der Waals surface area contributed by atoms with Crippen molar-refractivity contribution in [1.82, 2.24) is 4.98 Å². The molecule has 0 radical (unpaired) electrons. The van der Waals surface area contributed by atoms with E-state index in [1.54, 1.807) is 6.07 Å². The van der Waals surface area contributed by atoms with E-state index in [9.17, 15) is 4.39 Å². The topological polar surface area (TPSA) is 48.1 Å². The molecule has 0 aliphatic heterocycles. The molecule has 0 atom stereocenters. The van der Waals surface area contributed by atoms with Crippen LogP contribution >= 0.6 is 0 Å². The van der Waals surface area contributed by atoms with E-state index in [-0.39, 0.29) is 17.8 Å². The van der Waals surface area contributed by atoms with Crippen LogP contribution in [0.3, 0.4) is 0 Å². The zero-order chi connectivity index (χ0) is 15.6. The fourth-order valence-electron chi connectivity index (χ4n) is 2.13. The average Bonchev–Trinajstić information content (AvgIpc) is 2.40. The summed E-state index contributed by atoms with van der Waals surface area (Å²) in [7, 11) is 0. The van der Waals surface area contributed by atoms with E-state index < -0.39 is 5.82 Å². The van der Waals surface area contributed by atoms with E-state index >= 15 is 0 Å². The normalized spacial score (nSPS) is 11.5. The van der Waals surface area contributed by atoms with Crippen LogP contribution in [0.4, 0.5) is 4.39 Å². The lowest BCUT2D eigenvalue weighted by Gasteiger charge is -2.23. The zero-order valence-corrected chi connectivity index (χ0v) is 12.9. The van der Waals surface area contributed by atoms with Gasteiger partial charge in [-0.25, -0.2) is 9.37 Å². The first-order chi connectivity index (χ1) is 9.82. The maximum Gasteiger partial charge on any atom is 0.256 e. The van der Waals surface area contributed by atoms with Gasteiger partial charge in [0.05, 0.1) is 0 Å². The lowest BCUT2D eigenvalue weighted by Crippen LogP contribution is -2.13. The Hall–Kier alpha value is -1.94. The molecule has 3 nitrogen and oxygen atoms in total. The Morgan fingerprint density at radius 2 is 1.95 bits per heavy atom. The Bertz CT molecular complexity index is 648. The molecule has 4 heteroatoms. The molecule has 2 aromatic rings. The van der Waals surface area contributed by atoms with Crippen molar-refractivity contribution in [2.75, 3.05) is 0 Å². The van der Waals surface area contributed by atoms with Crippen LogP contribution in [-0.4, -0.2) is 4.98 Å². The van der Waals surface area contributed by atoms with Crippen LogP contribution in [0, 0.1) is 12.7 Å². The molecule has 2 rings (SSSR count). The number of halogens is 1. The number of hydrogen-bond donors (Lipinski definition) is 1. The molecular weight excluding hydrogens is 267 g/mol. The molecule has 0 fully saturated rings. The van der Waals surface area contributed by atoms with Crippen LogP contribution in [0.25, 0.3) is 0 Å². The van der Waals surface area contributed by atoms with Gasteiger partial charge in [-0.05, 0) is 30.0 Å². The minimum Gasteiger partial charge on any atom is -0.436 e. The Balaban J connectivity index is 2.47. The maximum absolute atomic E-state index is 14.2. The van der Waals surface area contributed by atoms with Crippen molar-refractivity contribution < 1.29 is 9.13 Å². The molecule has 0 aliphatic rings. The fraction of sp³-hybridized carbons (Fsp3) is 0.353. The molecule has 112 valence electrons. The summed E-state index contributed by atoms with van der Waals surface area (Å²) in [6.07, 6.45) is 1.51. The number of benzene rings is 1. The molecule has 2 N–H and O–H groups in total. The zero-order valence-electron chi connectivity index (χ0n) is 12.9. The molecule has 0 saturated carbocycles. The minimum atomic E-state index is -0.499. The third-order valence-electron chi connectivity index (χ3n) is 3.31. The summed E-state index contributed by atoms with van der Waals surface area (Å²) in [4.78, 5) is 3.98. The smallest absolute Gasteiger partial charge is 0.256 e. The van der Waals surface area contributed by atoms with Crippen LogP contribution in [0.1, 0.15) is 37.5 Å². The number of hydrogen-bond acceptors (Lipinski definition) is 3. The lowest BCUT2D eigenvalue weighted by atomic mass is 9.86. The second-order valence-electron chi connectivity index (χ2n) is 6.15. The Kier molecular flexibility index (Phi) is 4.28. The van der Waals surface area contributed by atoms with E-state index in [2.05, 4.69) is 25.8 Å². The van der Waals surface area contributed by atoms with Gasteiger partial charge in [0.25, 0.3) is 5.88 Å². The first-order valence-corrected chi connectivity index (χ1v) is 6.95. The van der Waals surface area contributed by atoms with Crippen molar-refractivity contribution in [1.29, 1.82) is 0 Å². The van der Waals surface area contributed by atoms with Gasteiger partial charge in [0, 0.05) is 23.9 Å². The van der Waals surface area contributed by atoms with E-state index in [0.717, 1.165) is 11.1 Å². The molecule has 1 aromatic heterocycles. The predicted molar refractivity (Wildman–Crippen MR) is 82.0 cm³/mol. The molecular formula is C17H21FN2O. The lowest BCUT2D eigenvalue weighted by molar-refractivity contribution is 0.405. The van der Waals surface area contributed by atoms with Crippen molar-refractivity contribution in [2.24, 2.45) is 5.73 Å². The number of aromatic nitrogens is 1. The Labute approximate surface area is 125 Å². The molecule has 1 aromatic carbocycles. The molecule has 0 bridgehead atoms. The van der Waals surface area contributed by atoms with E-state index in [4.69, 9.17) is 10.5 Å². The second kappa shape index (κ2) is 5.82. The molecule has 21 heavy (non-hydrogen) atoms. The third kappa shape index (κ3) is 3.39. The van der Waals surface area contributed by atoms with Crippen molar-refractivity contribution >= 4 is 0 Å². The third-order valence-corrected chi connectivity index (χ3v) is 3.31. The number of nitrogens with zero attached hydrogens (tertiary/aromatic N) is 1. The van der Waals surface area contributed by atoms with Crippen molar-refractivity contribution in [3.8, 4) is 11.6 Å². The van der Waals surface area contributed by atoms with Crippen molar-refractivity contribution in [3.63, 3.8) is 0 Å². The first kappa shape index (κ1) is 15.4. The van der Waals surface area contributed by atoms with Gasteiger partial charge in [-0.2, -0.15) is 0 Å². The number of nitrogens with two attached hydrogens (primary N) is 1. The van der Waals surface area contributed by atoms with Gasteiger partial charge < -0.3 is 10.5 Å². The van der Waals surface area contributed by atoms with Gasteiger partial charge in [0.1, 0.15) is 5.75 Å². The maximum atomic E-state index is 14.2. The van der Waals surface area contributed by atoms with Gasteiger partial charge in [0.2, 0.25) is 0 Å². The van der Waals surface area contributed by atoms with E-state index in [0.29, 0.717) is 11.3 Å². The number of rotatable bonds is 3. The standard InChI is InChI=1S/C17H21FN2O/c1-11-5-6-13(17(2,3)4)14(9-11)21-16-15(18)12(10-19)7-8-20-16/h5-9H,10,19H2,1-4H3. The monoisotopic (exact) mass is 288 g/mol. The van der Waals surface area contributed by atoms with Crippen LogP contribution in [0.5, 0.6) is 11.6 Å². The Morgan fingerprint density at radius 1 is 1.24 bits per heavy atom. The van der Waals surface area contributed by atoms with Crippen molar-refractivity contribution in [2.45, 2.75) is 39.7 Å². The summed E-state index contributed by atoms with van der Waals surface area (Å²) in [6.45, 7) is 8.35. The van der Waals surface area contributed by atoms with E-state index in [1.807, 2.05) is 25.1 Å². The van der Waals surface area contributed by atoms with Gasteiger partial charge >= 0.3 is 0 Å². The van der Waals surface area contributed by atoms with Crippen LogP contribution in [0.2, 0.25) is 0 Å². The van der Waals surface area contributed by atoms with Gasteiger partial charge in [-0.15, -0.1) is 0 Å². The second-order valence-corrected chi connectivity index (χ2v) is 6.15. The summed E-state index contributed by atoms with van der Waals surface area (Å²) in [6, 6.07) is 7.49. The number of aryl methyl sites for hydroxylation is 1. The van der Waals surface area contributed by atoms with Crippen LogP contribution < -0.4 is 10.5 Å². The highest BCUT2D eigenvalue weighted by Crippen LogP contribution is 2.35. The first-order valence-electron chi connectivity index (χ1n) is 6.95. The summed E-state index contributed by atoms with van der Waals surface area (Å²) >= 11 is 0. The summed E-state index contributed by atoms with van der Waals surface area (Å²) in [5, 5.41) is 0. The number of pyridine rings is 1. The molecule has 0 spiro atoms. The highest BCUT2D eigenvalue weighted by Gasteiger charge is 2.21. The fourth-order valence-corrected chi connectivity index (χ4v) is 2.13. The van der Waals surface area contributed by atoms with E-state index in [1.165, 1.54) is 6.20 Å². The summed E-state index contributed by atoms with van der Waals surface area (Å²) in [5.41, 5.74) is 7.86. The molecule has 0 aliphatic carbocycles. The molecule has 0 saturated heterocycles. The van der Waals surface area contributed by atoms with Gasteiger partial charge in [-0.1, -0.05) is 32.9 Å². The molecule has 0 amide bonds. The van der Waals surface area contributed by atoms with Crippen molar-refractivity contribution in [3.05, 3.63) is 53.0 Å². The SMILES string of the molecule is Cc1ccc(C(C)(C)C)c(Oc2nccc(CN)c2F)c1. The predicted octanol–water partition coefficient (Wildman–Crippen LogP) is 4.08. The van der Waals surface area contributed by atoms with Crippen LogP contribution in [0.15, 0.2) is 30.5 Å². The Morgan fingerprint density at radius 3 is 2.57 bits per heavy atom. The average molecular weight is 288 g/mol. The molecule has 1 heterocycles. The van der Waals surface area contributed by atoms with Gasteiger partial charge in [-0.3, -0.25) is 0 Å². The highest BCUT2D eigenvalue weighted by atomic mass is 19.1. The number of ether oxygens (including phenoxy) is 1. The minimum absolute atomic E-state index is 0.0333. The largest absolute Gasteiger partial charge is 0.436 e. The van der Waals surface area contributed by atoms with Crippen LogP contribution in [-0.2, 0) is 12.0 Å². The highest BCUT2D eigenvalue weighted by molar-refractivity contribution is 5.43.